The summed E-state index contributed by atoms with van der Waals surface area (Å²) in [7, 11) is -1.97. The molecular weight excluding hydrogens is 340 g/mol. The minimum atomic E-state index is -3.58. The number of carbonyl (C=O) groups is 1. The highest BCUT2D eigenvalue weighted by atomic mass is 32.2. The number of methoxy groups -OCH3 is 1. The van der Waals surface area contributed by atoms with Gasteiger partial charge in [0, 0.05) is 18.7 Å². The van der Waals surface area contributed by atoms with Gasteiger partial charge in [-0.15, -0.1) is 0 Å². The molecule has 2 N–H and O–H groups in total. The molecule has 6 nitrogen and oxygen atoms in total. The maximum Gasteiger partial charge on any atom is 0.240 e. The van der Waals surface area contributed by atoms with E-state index in [9.17, 15) is 13.2 Å². The van der Waals surface area contributed by atoms with Gasteiger partial charge < -0.3 is 10.1 Å². The molecule has 0 unspecified atom stereocenters. The first-order chi connectivity index (χ1) is 12.0. The van der Waals surface area contributed by atoms with E-state index in [2.05, 4.69) is 10.0 Å². The Morgan fingerprint density at radius 3 is 2.60 bits per heavy atom. The first kappa shape index (κ1) is 17.4. The van der Waals surface area contributed by atoms with E-state index in [0.29, 0.717) is 31.5 Å². The summed E-state index contributed by atoms with van der Waals surface area (Å²) in [5, 5.41) is 2.75. The molecule has 0 radical (unpaired) electrons. The van der Waals surface area contributed by atoms with Crippen molar-refractivity contribution in [1.82, 2.24) is 4.72 Å². The van der Waals surface area contributed by atoms with Crippen LogP contribution in [0.4, 0.5) is 5.69 Å². The molecule has 0 aromatic heterocycles. The van der Waals surface area contributed by atoms with Gasteiger partial charge in [-0.05, 0) is 54.3 Å². The summed E-state index contributed by atoms with van der Waals surface area (Å²) in [5.74, 6) is 0.728. The van der Waals surface area contributed by atoms with E-state index in [1.54, 1.807) is 19.2 Å². The van der Waals surface area contributed by atoms with Gasteiger partial charge >= 0.3 is 0 Å². The summed E-state index contributed by atoms with van der Waals surface area (Å²) < 4.78 is 32.6. The Balaban J connectivity index is 1.64. The van der Waals surface area contributed by atoms with Crippen LogP contribution in [0.25, 0.3) is 0 Å². The predicted octanol–water partition coefficient (Wildman–Crippen LogP) is 2.10. The topological polar surface area (TPSA) is 84.5 Å². The van der Waals surface area contributed by atoms with Gasteiger partial charge in [0.1, 0.15) is 5.75 Å². The van der Waals surface area contributed by atoms with Crippen LogP contribution in [0, 0.1) is 0 Å². The molecule has 0 atom stereocenters. The van der Waals surface area contributed by atoms with Gasteiger partial charge in [-0.3, -0.25) is 4.79 Å². The Kier molecular flexibility index (Phi) is 5.06. The van der Waals surface area contributed by atoms with E-state index >= 15 is 0 Å². The van der Waals surface area contributed by atoms with Gasteiger partial charge in [0.05, 0.1) is 12.0 Å². The van der Waals surface area contributed by atoms with Crippen molar-refractivity contribution in [3.63, 3.8) is 0 Å². The maximum atomic E-state index is 12.5. The lowest BCUT2D eigenvalue weighted by Gasteiger charge is -2.17. The van der Waals surface area contributed by atoms with E-state index in [1.807, 2.05) is 24.3 Å². The van der Waals surface area contributed by atoms with Crippen molar-refractivity contribution in [2.24, 2.45) is 0 Å². The summed E-state index contributed by atoms with van der Waals surface area (Å²) in [4.78, 5) is 11.6. The van der Waals surface area contributed by atoms with E-state index in [4.69, 9.17) is 4.74 Å². The minimum Gasteiger partial charge on any atom is -0.497 e. The Morgan fingerprint density at radius 2 is 1.88 bits per heavy atom. The molecule has 0 saturated carbocycles. The van der Waals surface area contributed by atoms with Crippen LogP contribution in [0.15, 0.2) is 47.4 Å². The van der Waals surface area contributed by atoms with Crippen molar-refractivity contribution in [1.29, 1.82) is 0 Å². The molecule has 1 heterocycles. The minimum absolute atomic E-state index is 0.0410. The number of carbonyl (C=O) groups excluding carboxylic acids is 1. The lowest BCUT2D eigenvalue weighted by atomic mass is 10.0. The highest BCUT2D eigenvalue weighted by Crippen LogP contribution is 2.25. The number of nitrogens with one attached hydrogen (secondary N) is 2. The standard InChI is InChI=1S/C18H20N2O4S/c1-24-15-5-2-13(3-6-15)10-11-19-25(22,23)16-7-8-17-14(12-16)4-9-18(21)20-17/h2-3,5-8,12,19H,4,9-11H2,1H3,(H,20,21). The normalized spacial score (nSPS) is 13.9. The van der Waals surface area contributed by atoms with E-state index in [1.165, 1.54) is 6.07 Å². The number of hydrogen-bond donors (Lipinski definition) is 2. The lowest BCUT2D eigenvalue weighted by molar-refractivity contribution is -0.116. The van der Waals surface area contributed by atoms with E-state index in [-0.39, 0.29) is 10.8 Å². The summed E-state index contributed by atoms with van der Waals surface area (Å²) in [6.45, 7) is 0.308. The number of fused-ring (bicyclic) bond motifs is 1. The van der Waals surface area contributed by atoms with Gasteiger partial charge in [0.15, 0.2) is 0 Å². The molecule has 0 saturated heterocycles. The zero-order chi connectivity index (χ0) is 17.9. The molecule has 1 aliphatic heterocycles. The van der Waals surface area contributed by atoms with Crippen molar-refractivity contribution >= 4 is 21.6 Å². The lowest BCUT2D eigenvalue weighted by Crippen LogP contribution is -2.26. The largest absolute Gasteiger partial charge is 0.497 e. The molecule has 0 aliphatic carbocycles. The Bertz CT molecular complexity index is 876. The van der Waals surface area contributed by atoms with Crippen molar-refractivity contribution in [3.8, 4) is 5.75 Å². The summed E-state index contributed by atoms with van der Waals surface area (Å²) in [6.07, 6.45) is 1.52. The third-order valence-corrected chi connectivity index (χ3v) is 5.61. The highest BCUT2D eigenvalue weighted by molar-refractivity contribution is 7.89. The van der Waals surface area contributed by atoms with Crippen molar-refractivity contribution in [2.45, 2.75) is 24.2 Å². The average Bonchev–Trinajstić information content (AvgIpc) is 2.61. The fraction of sp³-hybridized carbons (Fsp3) is 0.278. The summed E-state index contributed by atoms with van der Waals surface area (Å²) in [6, 6.07) is 12.3. The number of hydrogen-bond acceptors (Lipinski definition) is 4. The molecule has 25 heavy (non-hydrogen) atoms. The second-order valence-corrected chi connectivity index (χ2v) is 7.63. The maximum absolute atomic E-state index is 12.5. The second-order valence-electron chi connectivity index (χ2n) is 5.86. The first-order valence-corrected chi connectivity index (χ1v) is 9.51. The Labute approximate surface area is 147 Å². The third-order valence-electron chi connectivity index (χ3n) is 4.15. The highest BCUT2D eigenvalue weighted by Gasteiger charge is 2.19. The molecular formula is C18H20N2O4S. The summed E-state index contributed by atoms with van der Waals surface area (Å²) >= 11 is 0. The van der Waals surface area contributed by atoms with Crippen LogP contribution in [0.1, 0.15) is 17.5 Å². The molecule has 1 aliphatic rings. The predicted molar refractivity (Wildman–Crippen MR) is 95.3 cm³/mol. The molecule has 3 rings (SSSR count). The molecule has 7 heteroatoms. The zero-order valence-corrected chi connectivity index (χ0v) is 14.7. The fourth-order valence-corrected chi connectivity index (χ4v) is 3.81. The van der Waals surface area contributed by atoms with Gasteiger partial charge in [-0.1, -0.05) is 12.1 Å². The molecule has 0 bridgehead atoms. The van der Waals surface area contributed by atoms with Crippen LogP contribution in [0.5, 0.6) is 5.75 Å². The number of anilines is 1. The zero-order valence-electron chi connectivity index (χ0n) is 13.9. The van der Waals surface area contributed by atoms with Crippen molar-refractivity contribution in [3.05, 3.63) is 53.6 Å². The molecule has 1 amide bonds. The number of ether oxygens (including phenoxy) is 1. The van der Waals surface area contributed by atoms with Crippen LogP contribution in [0.2, 0.25) is 0 Å². The van der Waals surface area contributed by atoms with Crippen LogP contribution < -0.4 is 14.8 Å². The van der Waals surface area contributed by atoms with Crippen molar-refractivity contribution in [2.75, 3.05) is 19.0 Å². The molecule has 0 fully saturated rings. The van der Waals surface area contributed by atoms with Crippen LogP contribution in [-0.2, 0) is 27.7 Å². The van der Waals surface area contributed by atoms with E-state index < -0.39 is 10.0 Å². The van der Waals surface area contributed by atoms with Gasteiger partial charge in [-0.2, -0.15) is 0 Å². The van der Waals surface area contributed by atoms with Crippen LogP contribution >= 0.6 is 0 Å². The monoisotopic (exact) mass is 360 g/mol. The van der Waals surface area contributed by atoms with Gasteiger partial charge in [0.25, 0.3) is 0 Å². The third kappa shape index (κ3) is 4.18. The molecule has 2 aromatic carbocycles. The number of benzene rings is 2. The number of amides is 1. The van der Waals surface area contributed by atoms with Crippen molar-refractivity contribution < 1.29 is 17.9 Å². The average molecular weight is 360 g/mol. The first-order valence-electron chi connectivity index (χ1n) is 8.03. The molecule has 132 valence electrons. The van der Waals surface area contributed by atoms with Crippen LogP contribution in [-0.4, -0.2) is 28.0 Å². The second kappa shape index (κ2) is 7.25. The summed E-state index contributed by atoms with van der Waals surface area (Å²) in [5.41, 5.74) is 2.56. The molecule has 2 aromatic rings. The van der Waals surface area contributed by atoms with Gasteiger partial charge in [-0.25, -0.2) is 13.1 Å². The number of sulfonamides is 1. The fourth-order valence-electron chi connectivity index (χ4n) is 2.73. The Hall–Kier alpha value is -2.38. The quantitative estimate of drug-likeness (QED) is 0.826. The SMILES string of the molecule is COc1ccc(CCNS(=O)(=O)c2ccc3c(c2)CCC(=O)N3)cc1. The Morgan fingerprint density at radius 1 is 1.12 bits per heavy atom. The van der Waals surface area contributed by atoms with Crippen LogP contribution in [0.3, 0.4) is 0 Å². The number of rotatable bonds is 6. The number of aryl methyl sites for hydroxylation is 1. The van der Waals surface area contributed by atoms with Gasteiger partial charge in [0.2, 0.25) is 15.9 Å². The van der Waals surface area contributed by atoms with E-state index in [0.717, 1.165) is 16.9 Å². The smallest absolute Gasteiger partial charge is 0.240 e. The molecule has 0 spiro atoms.